The van der Waals surface area contributed by atoms with Crippen LogP contribution in [-0.4, -0.2) is 26.7 Å². The predicted molar refractivity (Wildman–Crippen MR) is 78.8 cm³/mol. The van der Waals surface area contributed by atoms with Gasteiger partial charge in [-0.25, -0.2) is 0 Å². The Balaban J connectivity index is 1.99. The van der Waals surface area contributed by atoms with E-state index in [9.17, 15) is 24.8 Å². The SMILES string of the molecule is O=C(C[C@@]1(O)C(=O)Nc2ccc([N+](=O)[O-])cc21)c1ccccn1. The van der Waals surface area contributed by atoms with Crippen LogP contribution in [-0.2, 0) is 10.4 Å². The van der Waals surface area contributed by atoms with Gasteiger partial charge >= 0.3 is 0 Å². The summed E-state index contributed by atoms with van der Waals surface area (Å²) in [5.74, 6) is -1.33. The standard InChI is InChI=1S/C15H11N3O5/c19-13(12-3-1-2-6-16-12)8-15(21)10-7-9(18(22)23)4-5-11(10)17-14(15)20/h1-7,21H,8H2,(H,17,20)/t15-/m0/s1. The number of anilines is 1. The summed E-state index contributed by atoms with van der Waals surface area (Å²) in [6, 6.07) is 8.34. The number of Topliss-reactive ketones (excluding diaryl/α,β-unsaturated/α-hetero) is 1. The van der Waals surface area contributed by atoms with Gasteiger partial charge in [0.05, 0.1) is 11.3 Å². The second-order valence-electron chi connectivity index (χ2n) is 5.12. The lowest BCUT2D eigenvalue weighted by molar-refractivity contribution is -0.385. The van der Waals surface area contributed by atoms with Gasteiger partial charge in [-0.15, -0.1) is 0 Å². The highest BCUT2D eigenvalue weighted by Gasteiger charge is 2.47. The highest BCUT2D eigenvalue weighted by Crippen LogP contribution is 2.40. The number of fused-ring (bicyclic) bond motifs is 1. The van der Waals surface area contributed by atoms with E-state index in [-0.39, 0.29) is 22.6 Å². The Bertz CT molecular complexity index is 821. The molecule has 0 aliphatic carbocycles. The Morgan fingerprint density at radius 1 is 1.35 bits per heavy atom. The maximum Gasteiger partial charge on any atom is 0.269 e. The molecule has 0 radical (unpaired) electrons. The van der Waals surface area contributed by atoms with Gasteiger partial charge in [0.25, 0.3) is 11.6 Å². The molecule has 2 aromatic rings. The van der Waals surface area contributed by atoms with Crippen molar-refractivity contribution in [2.45, 2.75) is 12.0 Å². The molecule has 1 amide bonds. The first-order valence-electron chi connectivity index (χ1n) is 6.69. The van der Waals surface area contributed by atoms with E-state index in [1.54, 1.807) is 12.1 Å². The van der Waals surface area contributed by atoms with Crippen molar-refractivity contribution >= 4 is 23.1 Å². The van der Waals surface area contributed by atoms with Gasteiger partial charge in [0.1, 0.15) is 5.69 Å². The van der Waals surface area contributed by atoms with Crippen molar-refractivity contribution in [3.05, 3.63) is 64.0 Å². The van der Waals surface area contributed by atoms with Gasteiger partial charge in [0, 0.05) is 29.6 Å². The second kappa shape index (κ2) is 5.25. The molecule has 0 spiro atoms. The Morgan fingerprint density at radius 3 is 2.78 bits per heavy atom. The fourth-order valence-electron chi connectivity index (χ4n) is 2.47. The number of non-ortho nitro benzene ring substituents is 1. The third-order valence-corrected chi connectivity index (χ3v) is 3.65. The van der Waals surface area contributed by atoms with Gasteiger partial charge in [0.15, 0.2) is 11.4 Å². The first-order valence-corrected chi connectivity index (χ1v) is 6.69. The number of hydrogen-bond acceptors (Lipinski definition) is 6. The molecule has 2 heterocycles. The quantitative estimate of drug-likeness (QED) is 0.500. The van der Waals surface area contributed by atoms with E-state index in [2.05, 4.69) is 10.3 Å². The highest BCUT2D eigenvalue weighted by molar-refractivity contribution is 6.09. The Kier molecular flexibility index (Phi) is 3.38. The van der Waals surface area contributed by atoms with Crippen LogP contribution in [0.4, 0.5) is 11.4 Å². The average molecular weight is 313 g/mol. The van der Waals surface area contributed by atoms with Crippen LogP contribution in [0.1, 0.15) is 22.5 Å². The summed E-state index contributed by atoms with van der Waals surface area (Å²) in [4.78, 5) is 38.5. The van der Waals surface area contributed by atoms with Crippen LogP contribution in [0.3, 0.4) is 0 Å². The number of pyridine rings is 1. The molecule has 3 rings (SSSR count). The lowest BCUT2D eigenvalue weighted by Crippen LogP contribution is -2.36. The van der Waals surface area contributed by atoms with Gasteiger partial charge < -0.3 is 10.4 Å². The summed E-state index contributed by atoms with van der Waals surface area (Å²) in [7, 11) is 0. The van der Waals surface area contributed by atoms with Crippen LogP contribution in [0.5, 0.6) is 0 Å². The monoisotopic (exact) mass is 313 g/mol. The molecule has 1 aliphatic rings. The van der Waals surface area contributed by atoms with Crippen LogP contribution >= 0.6 is 0 Å². The molecular weight excluding hydrogens is 302 g/mol. The minimum Gasteiger partial charge on any atom is -0.375 e. The maximum atomic E-state index is 12.2. The maximum absolute atomic E-state index is 12.2. The predicted octanol–water partition coefficient (Wildman–Crippen LogP) is 1.40. The number of nitrogens with zero attached hydrogens (tertiary/aromatic N) is 2. The molecule has 1 aromatic carbocycles. The fourth-order valence-corrected chi connectivity index (χ4v) is 2.47. The molecule has 2 N–H and O–H groups in total. The number of hydrogen-bond donors (Lipinski definition) is 2. The Hall–Kier alpha value is -3.13. The van der Waals surface area contributed by atoms with Crippen LogP contribution in [0.25, 0.3) is 0 Å². The molecule has 23 heavy (non-hydrogen) atoms. The van der Waals surface area contributed by atoms with E-state index in [0.29, 0.717) is 0 Å². The van der Waals surface area contributed by atoms with Crippen molar-refractivity contribution in [2.24, 2.45) is 0 Å². The third-order valence-electron chi connectivity index (χ3n) is 3.65. The van der Waals surface area contributed by atoms with E-state index >= 15 is 0 Å². The minimum absolute atomic E-state index is 0.0148. The number of carbonyl (C=O) groups is 2. The zero-order valence-electron chi connectivity index (χ0n) is 11.7. The van der Waals surface area contributed by atoms with Gasteiger partial charge in [-0.05, 0) is 18.2 Å². The number of nitro benzene ring substituents is 1. The Labute approximate surface area is 129 Å². The number of amides is 1. The van der Waals surface area contributed by atoms with Crippen molar-refractivity contribution in [3.63, 3.8) is 0 Å². The first kappa shape index (κ1) is 14.8. The van der Waals surface area contributed by atoms with Crippen LogP contribution < -0.4 is 5.32 Å². The van der Waals surface area contributed by atoms with E-state index < -0.39 is 28.6 Å². The van der Waals surface area contributed by atoms with E-state index in [1.165, 1.54) is 24.4 Å². The minimum atomic E-state index is -2.16. The lowest BCUT2D eigenvalue weighted by Gasteiger charge is -2.19. The largest absolute Gasteiger partial charge is 0.375 e. The van der Waals surface area contributed by atoms with Gasteiger partial charge in [-0.1, -0.05) is 6.07 Å². The van der Waals surface area contributed by atoms with Crippen molar-refractivity contribution < 1.29 is 19.6 Å². The van der Waals surface area contributed by atoms with E-state index in [1.807, 2.05) is 0 Å². The molecule has 0 bridgehead atoms. The molecule has 1 atom stereocenters. The number of nitrogens with one attached hydrogen (secondary N) is 1. The third kappa shape index (κ3) is 2.44. The summed E-state index contributed by atoms with van der Waals surface area (Å²) in [6.45, 7) is 0. The summed E-state index contributed by atoms with van der Waals surface area (Å²) in [6.07, 6.45) is 0.870. The number of benzene rings is 1. The molecule has 116 valence electrons. The molecule has 8 heteroatoms. The molecule has 1 aliphatic heterocycles. The summed E-state index contributed by atoms with van der Waals surface area (Å²) in [5.41, 5.74) is -2.06. The molecule has 8 nitrogen and oxygen atoms in total. The number of carbonyl (C=O) groups excluding carboxylic acids is 2. The summed E-state index contributed by atoms with van der Waals surface area (Å²) < 4.78 is 0. The van der Waals surface area contributed by atoms with Crippen LogP contribution in [0.2, 0.25) is 0 Å². The highest BCUT2D eigenvalue weighted by atomic mass is 16.6. The lowest BCUT2D eigenvalue weighted by atomic mass is 9.89. The second-order valence-corrected chi connectivity index (χ2v) is 5.12. The fraction of sp³-hybridized carbons (Fsp3) is 0.133. The molecule has 0 fully saturated rings. The van der Waals surface area contributed by atoms with Crippen molar-refractivity contribution in [3.8, 4) is 0 Å². The summed E-state index contributed by atoms with van der Waals surface area (Å²) >= 11 is 0. The van der Waals surface area contributed by atoms with Gasteiger partial charge in [-0.2, -0.15) is 0 Å². The number of rotatable bonds is 4. The van der Waals surface area contributed by atoms with Crippen molar-refractivity contribution in [1.82, 2.24) is 4.98 Å². The molecule has 0 unspecified atom stereocenters. The molecule has 0 saturated carbocycles. The van der Waals surface area contributed by atoms with Crippen molar-refractivity contribution in [1.29, 1.82) is 0 Å². The number of aromatic nitrogens is 1. The molecular formula is C15H11N3O5. The zero-order chi connectivity index (χ0) is 16.6. The average Bonchev–Trinajstić information content (AvgIpc) is 2.79. The smallest absolute Gasteiger partial charge is 0.269 e. The Morgan fingerprint density at radius 2 is 2.13 bits per heavy atom. The van der Waals surface area contributed by atoms with E-state index in [0.717, 1.165) is 6.07 Å². The zero-order valence-corrected chi connectivity index (χ0v) is 11.7. The van der Waals surface area contributed by atoms with Gasteiger partial charge in [-0.3, -0.25) is 24.7 Å². The number of aliphatic hydroxyl groups is 1. The van der Waals surface area contributed by atoms with Gasteiger partial charge in [0.2, 0.25) is 0 Å². The number of ketones is 1. The molecule has 1 aromatic heterocycles. The number of nitro groups is 1. The van der Waals surface area contributed by atoms with Crippen LogP contribution in [0, 0.1) is 10.1 Å². The van der Waals surface area contributed by atoms with Crippen LogP contribution in [0.15, 0.2) is 42.6 Å². The first-order chi connectivity index (χ1) is 10.9. The molecule has 0 saturated heterocycles. The topological polar surface area (TPSA) is 122 Å². The normalized spacial score (nSPS) is 19.1. The van der Waals surface area contributed by atoms with E-state index in [4.69, 9.17) is 0 Å². The van der Waals surface area contributed by atoms with Crippen molar-refractivity contribution in [2.75, 3.05) is 5.32 Å². The summed E-state index contributed by atoms with van der Waals surface area (Å²) in [5, 5.41) is 24.0.